The summed E-state index contributed by atoms with van der Waals surface area (Å²) in [6.45, 7) is 8.56. The number of carbonyl (C=O) groups excluding carboxylic acids is 1. The summed E-state index contributed by atoms with van der Waals surface area (Å²) in [6, 6.07) is 13.2. The third-order valence-electron chi connectivity index (χ3n) is 4.98. The maximum Gasteiger partial charge on any atom is 0.390 e. The standard InChI is InChI=1S/C24H28N4O6/c1-5-32-21-12-7-18(14-22(21)33-6-2)15-34-20-10-8-19(9-11-20)25-24(29)17(4)27-16(3)13-23(26-27)28(30)31/h7-14,17H,5-6,15H2,1-4H3,(H,25,29). The number of hydrogen-bond donors (Lipinski definition) is 1. The number of nitro groups is 1. The summed E-state index contributed by atoms with van der Waals surface area (Å²) in [7, 11) is 0. The summed E-state index contributed by atoms with van der Waals surface area (Å²) in [5, 5.41) is 17.6. The van der Waals surface area contributed by atoms with E-state index in [0.29, 0.717) is 48.5 Å². The van der Waals surface area contributed by atoms with Gasteiger partial charge in [-0.25, -0.2) is 0 Å². The van der Waals surface area contributed by atoms with Crippen molar-refractivity contribution in [3.8, 4) is 17.2 Å². The maximum atomic E-state index is 12.6. The molecule has 1 N–H and O–H groups in total. The van der Waals surface area contributed by atoms with Gasteiger partial charge in [-0.1, -0.05) is 6.07 Å². The Bertz CT molecular complexity index is 1140. The molecule has 2 aromatic carbocycles. The smallest absolute Gasteiger partial charge is 0.390 e. The Morgan fingerprint density at radius 1 is 1.06 bits per heavy atom. The zero-order valence-electron chi connectivity index (χ0n) is 19.6. The molecule has 0 saturated heterocycles. The number of aryl methyl sites for hydroxylation is 1. The van der Waals surface area contributed by atoms with Crippen LogP contribution in [-0.4, -0.2) is 33.8 Å². The van der Waals surface area contributed by atoms with Gasteiger partial charge in [0.15, 0.2) is 11.5 Å². The molecule has 1 unspecified atom stereocenters. The largest absolute Gasteiger partial charge is 0.490 e. The van der Waals surface area contributed by atoms with Crippen molar-refractivity contribution in [2.45, 2.75) is 40.3 Å². The van der Waals surface area contributed by atoms with E-state index in [-0.39, 0.29) is 11.7 Å². The van der Waals surface area contributed by atoms with E-state index in [4.69, 9.17) is 14.2 Å². The fraction of sp³-hybridized carbons (Fsp3) is 0.333. The summed E-state index contributed by atoms with van der Waals surface area (Å²) in [6.07, 6.45) is 0. The molecule has 1 aromatic heterocycles. The number of carbonyl (C=O) groups is 1. The summed E-state index contributed by atoms with van der Waals surface area (Å²) in [5.41, 5.74) is 2.03. The number of anilines is 1. The molecule has 34 heavy (non-hydrogen) atoms. The van der Waals surface area contributed by atoms with E-state index in [9.17, 15) is 14.9 Å². The lowest BCUT2D eigenvalue weighted by Gasteiger charge is -2.14. The van der Waals surface area contributed by atoms with Gasteiger partial charge < -0.3 is 29.6 Å². The Morgan fingerprint density at radius 2 is 1.74 bits per heavy atom. The van der Waals surface area contributed by atoms with Gasteiger partial charge in [-0.15, -0.1) is 0 Å². The molecule has 0 spiro atoms. The van der Waals surface area contributed by atoms with E-state index < -0.39 is 11.0 Å². The van der Waals surface area contributed by atoms with Gasteiger partial charge in [-0.2, -0.15) is 4.68 Å². The highest BCUT2D eigenvalue weighted by Gasteiger charge is 2.24. The van der Waals surface area contributed by atoms with Gasteiger partial charge in [0.05, 0.1) is 30.1 Å². The second-order valence-corrected chi connectivity index (χ2v) is 7.47. The first kappa shape index (κ1) is 24.6. The number of aromatic nitrogens is 2. The van der Waals surface area contributed by atoms with Crippen molar-refractivity contribution in [2.75, 3.05) is 18.5 Å². The Hall–Kier alpha value is -4.08. The molecule has 0 bridgehead atoms. The molecule has 0 radical (unpaired) electrons. The molecule has 1 atom stereocenters. The quantitative estimate of drug-likeness (QED) is 0.321. The van der Waals surface area contributed by atoms with Gasteiger partial charge in [0.2, 0.25) is 0 Å². The van der Waals surface area contributed by atoms with Crippen molar-refractivity contribution < 1.29 is 23.9 Å². The lowest BCUT2D eigenvalue weighted by atomic mass is 10.2. The normalized spacial score (nSPS) is 11.5. The molecule has 0 aliphatic carbocycles. The highest BCUT2D eigenvalue weighted by molar-refractivity contribution is 5.93. The van der Waals surface area contributed by atoms with Crippen LogP contribution in [0.3, 0.4) is 0 Å². The summed E-state index contributed by atoms with van der Waals surface area (Å²) in [4.78, 5) is 22.9. The van der Waals surface area contributed by atoms with Crippen LogP contribution >= 0.6 is 0 Å². The van der Waals surface area contributed by atoms with Crippen LogP contribution < -0.4 is 19.5 Å². The van der Waals surface area contributed by atoms with Crippen molar-refractivity contribution in [1.29, 1.82) is 0 Å². The van der Waals surface area contributed by atoms with Crippen LogP contribution in [0, 0.1) is 17.0 Å². The van der Waals surface area contributed by atoms with E-state index in [1.165, 1.54) is 10.7 Å². The third-order valence-corrected chi connectivity index (χ3v) is 4.98. The van der Waals surface area contributed by atoms with E-state index in [1.54, 1.807) is 38.1 Å². The molecule has 3 aromatic rings. The highest BCUT2D eigenvalue weighted by Crippen LogP contribution is 2.29. The van der Waals surface area contributed by atoms with Gasteiger partial charge in [-0.3, -0.25) is 4.79 Å². The maximum absolute atomic E-state index is 12.6. The van der Waals surface area contributed by atoms with E-state index in [0.717, 1.165) is 5.56 Å². The Labute approximate surface area is 197 Å². The molecule has 1 amide bonds. The lowest BCUT2D eigenvalue weighted by molar-refractivity contribution is -0.389. The van der Waals surface area contributed by atoms with E-state index in [1.807, 2.05) is 32.0 Å². The third kappa shape index (κ3) is 6.03. The number of ether oxygens (including phenoxy) is 3. The molecule has 0 fully saturated rings. The number of nitrogens with one attached hydrogen (secondary N) is 1. The van der Waals surface area contributed by atoms with E-state index >= 15 is 0 Å². The first-order valence-corrected chi connectivity index (χ1v) is 10.9. The minimum absolute atomic E-state index is 0.292. The Balaban J connectivity index is 1.59. The molecule has 10 heteroatoms. The zero-order valence-corrected chi connectivity index (χ0v) is 19.6. The van der Waals surface area contributed by atoms with Crippen LogP contribution in [0.5, 0.6) is 17.2 Å². The molecular formula is C24H28N4O6. The molecule has 0 saturated carbocycles. The van der Waals surface area contributed by atoms with Crippen molar-refractivity contribution in [3.63, 3.8) is 0 Å². The van der Waals surface area contributed by atoms with Crippen LogP contribution in [0.15, 0.2) is 48.5 Å². The van der Waals surface area contributed by atoms with Gasteiger partial charge in [0.1, 0.15) is 18.4 Å². The predicted octanol–water partition coefficient (Wildman–Crippen LogP) is 4.68. The first-order valence-electron chi connectivity index (χ1n) is 10.9. The van der Waals surface area contributed by atoms with Crippen molar-refractivity contribution in [1.82, 2.24) is 9.78 Å². The Morgan fingerprint density at radius 3 is 2.35 bits per heavy atom. The highest BCUT2D eigenvalue weighted by atomic mass is 16.6. The average molecular weight is 469 g/mol. The minimum Gasteiger partial charge on any atom is -0.490 e. The SMILES string of the molecule is CCOc1ccc(COc2ccc(NC(=O)C(C)n3nc([N+](=O)[O-])cc3C)cc2)cc1OCC. The zero-order chi connectivity index (χ0) is 24.7. The van der Waals surface area contributed by atoms with E-state index in [2.05, 4.69) is 10.4 Å². The minimum atomic E-state index is -0.719. The molecule has 180 valence electrons. The van der Waals surface area contributed by atoms with Crippen LogP contribution in [0.25, 0.3) is 0 Å². The second-order valence-electron chi connectivity index (χ2n) is 7.47. The number of nitrogens with zero attached hydrogens (tertiary/aromatic N) is 3. The summed E-state index contributed by atoms with van der Waals surface area (Å²) in [5.74, 6) is 1.38. The fourth-order valence-electron chi connectivity index (χ4n) is 3.30. The fourth-order valence-corrected chi connectivity index (χ4v) is 3.30. The number of hydrogen-bond acceptors (Lipinski definition) is 7. The summed E-state index contributed by atoms with van der Waals surface area (Å²) >= 11 is 0. The number of rotatable bonds is 11. The molecule has 0 aliphatic rings. The van der Waals surface area contributed by atoms with Crippen LogP contribution in [0.1, 0.15) is 38.1 Å². The van der Waals surface area contributed by atoms with Gasteiger partial charge >= 0.3 is 5.82 Å². The lowest BCUT2D eigenvalue weighted by Crippen LogP contribution is -2.25. The number of amides is 1. The van der Waals surface area contributed by atoms with Crippen molar-refractivity contribution in [2.24, 2.45) is 0 Å². The van der Waals surface area contributed by atoms with Crippen LogP contribution in [-0.2, 0) is 11.4 Å². The van der Waals surface area contributed by atoms with Crippen molar-refractivity contribution >= 4 is 17.4 Å². The monoisotopic (exact) mass is 468 g/mol. The second kappa shape index (κ2) is 11.2. The molecule has 1 heterocycles. The molecule has 0 aliphatic heterocycles. The first-order chi connectivity index (χ1) is 16.3. The van der Waals surface area contributed by atoms with Gasteiger partial charge in [0.25, 0.3) is 5.91 Å². The van der Waals surface area contributed by atoms with Gasteiger partial charge in [0, 0.05) is 5.69 Å². The average Bonchev–Trinajstić information content (AvgIpc) is 3.21. The van der Waals surface area contributed by atoms with Crippen molar-refractivity contribution in [3.05, 3.63) is 69.9 Å². The predicted molar refractivity (Wildman–Crippen MR) is 127 cm³/mol. The number of benzene rings is 2. The van der Waals surface area contributed by atoms with Crippen LogP contribution in [0.2, 0.25) is 0 Å². The molecule has 3 rings (SSSR count). The molecular weight excluding hydrogens is 440 g/mol. The van der Waals surface area contributed by atoms with Gasteiger partial charge in [-0.05, 0) is 74.6 Å². The topological polar surface area (TPSA) is 118 Å². The summed E-state index contributed by atoms with van der Waals surface area (Å²) < 4.78 is 18.4. The Kier molecular flexibility index (Phi) is 8.07. The van der Waals surface area contributed by atoms with Crippen LogP contribution in [0.4, 0.5) is 11.5 Å². The molecule has 10 nitrogen and oxygen atoms in total.